The van der Waals surface area contributed by atoms with Crippen LogP contribution >= 0.6 is 0 Å². The van der Waals surface area contributed by atoms with Crippen molar-refractivity contribution in [1.29, 1.82) is 0 Å². The third-order valence-electron chi connectivity index (χ3n) is 5.99. The highest BCUT2D eigenvalue weighted by Crippen LogP contribution is 2.21. The molecule has 0 bridgehead atoms. The van der Waals surface area contributed by atoms with Crippen LogP contribution in [0, 0.1) is 5.92 Å². The van der Waals surface area contributed by atoms with E-state index in [0.29, 0.717) is 18.4 Å². The molecule has 1 aromatic carbocycles. The van der Waals surface area contributed by atoms with Crippen molar-refractivity contribution in [3.63, 3.8) is 0 Å². The predicted octanol–water partition coefficient (Wildman–Crippen LogP) is 1.63. The average Bonchev–Trinajstić information content (AvgIpc) is 3.33. The van der Waals surface area contributed by atoms with E-state index in [9.17, 15) is 4.79 Å². The molecule has 0 N–H and O–H groups in total. The van der Waals surface area contributed by atoms with Crippen molar-refractivity contribution in [2.75, 3.05) is 45.8 Å². The second-order valence-electron chi connectivity index (χ2n) is 8.26. The van der Waals surface area contributed by atoms with E-state index in [1.54, 1.807) is 0 Å². The number of hydrogen-bond acceptors (Lipinski definition) is 4. The van der Waals surface area contributed by atoms with Crippen LogP contribution in [0.15, 0.2) is 42.7 Å². The maximum absolute atomic E-state index is 12.7. The van der Waals surface area contributed by atoms with Crippen molar-refractivity contribution in [3.8, 4) is 0 Å². The van der Waals surface area contributed by atoms with Gasteiger partial charge in [0.1, 0.15) is 0 Å². The van der Waals surface area contributed by atoms with Crippen molar-refractivity contribution < 1.29 is 4.79 Å². The summed E-state index contributed by atoms with van der Waals surface area (Å²) in [5.41, 5.74) is 2.64. The molecule has 1 amide bonds. The molecule has 0 radical (unpaired) electrons. The fourth-order valence-corrected chi connectivity index (χ4v) is 4.37. The zero-order chi connectivity index (χ0) is 19.3. The molecule has 2 aromatic rings. The molecule has 3 heterocycles. The van der Waals surface area contributed by atoms with Gasteiger partial charge in [0, 0.05) is 59.1 Å². The Bertz CT molecular complexity index is 766. The summed E-state index contributed by atoms with van der Waals surface area (Å²) in [6.45, 7) is 7.39. The summed E-state index contributed by atoms with van der Waals surface area (Å²) in [5.74, 6) is 0.862. The monoisotopic (exact) mass is 381 g/mol. The second kappa shape index (κ2) is 8.88. The molecule has 2 aliphatic rings. The number of carbonyl (C=O) groups excluding carboxylic acids is 1. The first-order valence-corrected chi connectivity index (χ1v) is 10.4. The lowest BCUT2D eigenvalue weighted by Gasteiger charge is -2.35. The molecule has 1 atom stereocenters. The van der Waals surface area contributed by atoms with Crippen molar-refractivity contribution >= 4 is 5.91 Å². The Hall–Kier alpha value is -2.18. The summed E-state index contributed by atoms with van der Waals surface area (Å²) in [6, 6.07) is 10.6. The molecule has 4 rings (SSSR count). The van der Waals surface area contributed by atoms with Gasteiger partial charge >= 0.3 is 0 Å². The number of aromatic nitrogens is 2. The Balaban J connectivity index is 1.18. The minimum absolute atomic E-state index is 0.296. The molecule has 1 unspecified atom stereocenters. The molecule has 2 aliphatic heterocycles. The van der Waals surface area contributed by atoms with Crippen LogP contribution in [0.4, 0.5) is 0 Å². The topological polar surface area (TPSA) is 44.6 Å². The van der Waals surface area contributed by atoms with Crippen LogP contribution in [0.2, 0.25) is 0 Å². The Kier molecular flexibility index (Phi) is 6.07. The predicted molar refractivity (Wildman–Crippen MR) is 110 cm³/mol. The lowest BCUT2D eigenvalue weighted by atomic mass is 10.0. The summed E-state index contributed by atoms with van der Waals surface area (Å²) < 4.78 is 1.85. The largest absolute Gasteiger partial charge is 0.341 e. The van der Waals surface area contributed by atoms with Crippen LogP contribution < -0.4 is 0 Å². The third kappa shape index (κ3) is 5.00. The Labute approximate surface area is 167 Å². The summed E-state index contributed by atoms with van der Waals surface area (Å²) in [6.07, 6.45) is 6.15. The molecule has 1 aromatic heterocycles. The van der Waals surface area contributed by atoms with Crippen molar-refractivity contribution in [2.45, 2.75) is 19.4 Å². The van der Waals surface area contributed by atoms with E-state index in [0.717, 1.165) is 58.7 Å². The zero-order valence-corrected chi connectivity index (χ0v) is 16.8. The highest BCUT2D eigenvalue weighted by molar-refractivity contribution is 5.78. The number of hydrogen-bond donors (Lipinski definition) is 0. The first kappa shape index (κ1) is 19.2. The molecule has 2 saturated heterocycles. The number of amides is 1. The lowest BCUT2D eigenvalue weighted by molar-refractivity contribution is -0.132. The van der Waals surface area contributed by atoms with Crippen molar-refractivity contribution in [3.05, 3.63) is 53.9 Å². The van der Waals surface area contributed by atoms with Crippen LogP contribution in [0.5, 0.6) is 0 Å². The van der Waals surface area contributed by atoms with E-state index in [-0.39, 0.29) is 0 Å². The van der Waals surface area contributed by atoms with Crippen LogP contribution in [-0.2, 0) is 24.8 Å². The Morgan fingerprint density at radius 3 is 2.50 bits per heavy atom. The maximum atomic E-state index is 12.7. The molecule has 0 spiro atoms. The molecule has 2 fully saturated rings. The molecule has 6 nitrogen and oxygen atoms in total. The summed E-state index contributed by atoms with van der Waals surface area (Å²) in [5, 5.41) is 4.25. The van der Waals surface area contributed by atoms with E-state index in [2.05, 4.69) is 56.3 Å². The fourth-order valence-electron chi connectivity index (χ4n) is 4.37. The van der Waals surface area contributed by atoms with E-state index < -0.39 is 0 Å². The third-order valence-corrected chi connectivity index (χ3v) is 5.99. The first-order chi connectivity index (χ1) is 13.7. The first-order valence-electron chi connectivity index (χ1n) is 10.4. The Morgan fingerprint density at radius 1 is 1.04 bits per heavy atom. The van der Waals surface area contributed by atoms with Gasteiger partial charge in [-0.25, -0.2) is 0 Å². The smallest absolute Gasteiger partial charge is 0.236 e. The summed E-state index contributed by atoms with van der Waals surface area (Å²) in [4.78, 5) is 19.6. The van der Waals surface area contributed by atoms with Gasteiger partial charge < -0.3 is 4.90 Å². The fraction of sp³-hybridized carbons (Fsp3) is 0.545. The molecular weight excluding hydrogens is 350 g/mol. The molecule has 0 aliphatic carbocycles. The summed E-state index contributed by atoms with van der Waals surface area (Å²) >= 11 is 0. The molecule has 150 valence electrons. The van der Waals surface area contributed by atoms with E-state index in [1.807, 2.05) is 17.9 Å². The summed E-state index contributed by atoms with van der Waals surface area (Å²) in [7, 11) is 1.95. The van der Waals surface area contributed by atoms with Gasteiger partial charge in [0.15, 0.2) is 0 Å². The highest BCUT2D eigenvalue weighted by Gasteiger charge is 2.28. The zero-order valence-electron chi connectivity index (χ0n) is 16.8. The van der Waals surface area contributed by atoms with Gasteiger partial charge in [0.25, 0.3) is 0 Å². The molecular formula is C22H31N5O. The van der Waals surface area contributed by atoms with Crippen LogP contribution in [0.25, 0.3) is 0 Å². The van der Waals surface area contributed by atoms with Crippen molar-refractivity contribution in [2.24, 2.45) is 13.0 Å². The molecule has 0 saturated carbocycles. The number of nitrogens with zero attached hydrogens (tertiary/aromatic N) is 5. The van der Waals surface area contributed by atoms with E-state index >= 15 is 0 Å². The quantitative estimate of drug-likeness (QED) is 0.763. The number of carbonyl (C=O) groups is 1. The minimum atomic E-state index is 0.296. The Morgan fingerprint density at radius 2 is 1.79 bits per heavy atom. The minimum Gasteiger partial charge on any atom is -0.341 e. The number of rotatable bonds is 6. The normalized spacial score (nSPS) is 21.3. The van der Waals surface area contributed by atoms with Gasteiger partial charge in [-0.3, -0.25) is 19.3 Å². The molecule has 28 heavy (non-hydrogen) atoms. The number of likely N-dealkylation sites (tertiary alicyclic amines) is 1. The highest BCUT2D eigenvalue weighted by atomic mass is 16.2. The van der Waals surface area contributed by atoms with Gasteiger partial charge in [-0.05, 0) is 29.9 Å². The molecule has 6 heteroatoms. The lowest BCUT2D eigenvalue weighted by Crippen LogP contribution is -2.49. The van der Waals surface area contributed by atoms with Crippen molar-refractivity contribution in [1.82, 2.24) is 24.5 Å². The average molecular weight is 382 g/mol. The van der Waals surface area contributed by atoms with Gasteiger partial charge in [-0.1, -0.05) is 30.3 Å². The van der Waals surface area contributed by atoms with Crippen LogP contribution in [0.1, 0.15) is 17.5 Å². The second-order valence-corrected chi connectivity index (χ2v) is 8.26. The van der Waals surface area contributed by atoms with Crippen LogP contribution in [0.3, 0.4) is 0 Å². The van der Waals surface area contributed by atoms with Gasteiger partial charge in [0.05, 0.1) is 12.7 Å². The SMILES string of the molecule is Cn1cc(CC2CCN(C(=O)CN3CCN(Cc4ccccc4)CC3)C2)cn1. The van der Waals surface area contributed by atoms with Crippen LogP contribution in [-0.4, -0.2) is 76.2 Å². The van der Waals surface area contributed by atoms with E-state index in [1.165, 1.54) is 11.1 Å². The maximum Gasteiger partial charge on any atom is 0.236 e. The number of benzene rings is 1. The van der Waals surface area contributed by atoms with Gasteiger partial charge in [-0.2, -0.15) is 5.10 Å². The standard InChI is InChI=1S/C22H31N5O/c1-24-15-21(14-23-24)13-20-7-8-27(17-20)22(28)18-26-11-9-25(10-12-26)16-19-5-3-2-4-6-19/h2-6,14-15,20H,7-13,16-18H2,1H3. The van der Waals surface area contributed by atoms with Gasteiger partial charge in [0.2, 0.25) is 5.91 Å². The van der Waals surface area contributed by atoms with Gasteiger partial charge in [-0.15, -0.1) is 0 Å². The number of aryl methyl sites for hydroxylation is 1. The van der Waals surface area contributed by atoms with E-state index in [4.69, 9.17) is 0 Å². The number of piperazine rings is 1.